The van der Waals surface area contributed by atoms with Crippen LogP contribution in [0.15, 0.2) is 54.6 Å². The van der Waals surface area contributed by atoms with Crippen molar-refractivity contribution in [3.63, 3.8) is 0 Å². The van der Waals surface area contributed by atoms with Crippen molar-refractivity contribution in [1.82, 2.24) is 5.32 Å². The monoisotopic (exact) mass is 343 g/mol. The molecule has 1 amide bonds. The second-order valence-corrected chi connectivity index (χ2v) is 8.49. The predicted molar refractivity (Wildman–Crippen MR) is 95.6 cm³/mol. The average Bonchev–Trinajstić information content (AvgIpc) is 2.94. The quantitative estimate of drug-likeness (QED) is 0.908. The van der Waals surface area contributed by atoms with Gasteiger partial charge >= 0.3 is 0 Å². The van der Waals surface area contributed by atoms with Crippen LogP contribution < -0.4 is 5.32 Å². The van der Waals surface area contributed by atoms with E-state index < -0.39 is 9.84 Å². The molecule has 0 bridgehead atoms. The summed E-state index contributed by atoms with van der Waals surface area (Å²) < 4.78 is 22.8. The first kappa shape index (κ1) is 16.7. The Morgan fingerprint density at radius 1 is 1.00 bits per heavy atom. The maximum absolute atomic E-state index is 12.2. The normalized spacial score (nSPS) is 19.1. The van der Waals surface area contributed by atoms with E-state index in [4.69, 9.17) is 0 Å². The molecule has 3 rings (SSSR count). The predicted octanol–water partition coefficient (Wildman–Crippen LogP) is 2.91. The van der Waals surface area contributed by atoms with Crippen LogP contribution in [0.1, 0.15) is 23.2 Å². The summed E-state index contributed by atoms with van der Waals surface area (Å²) in [6.07, 6.45) is 1.43. The van der Waals surface area contributed by atoms with Gasteiger partial charge in [-0.1, -0.05) is 42.5 Å². The van der Waals surface area contributed by atoms with Crippen molar-refractivity contribution < 1.29 is 13.2 Å². The Hall–Kier alpha value is -2.14. The zero-order chi connectivity index (χ0) is 17.0. The second kappa shape index (κ2) is 7.18. The Kier molecular flexibility index (Phi) is 5.00. The summed E-state index contributed by atoms with van der Waals surface area (Å²) in [4.78, 5) is 12.2. The van der Waals surface area contributed by atoms with Crippen LogP contribution in [-0.4, -0.2) is 32.4 Å². The van der Waals surface area contributed by atoms with Crippen molar-refractivity contribution >= 4 is 15.7 Å². The maximum atomic E-state index is 12.2. The molecule has 0 aromatic heterocycles. The molecule has 4 nitrogen and oxygen atoms in total. The van der Waals surface area contributed by atoms with Gasteiger partial charge < -0.3 is 5.32 Å². The highest BCUT2D eigenvalue weighted by molar-refractivity contribution is 7.91. The minimum Gasteiger partial charge on any atom is -0.352 e. The molecule has 1 N–H and O–H groups in total. The van der Waals surface area contributed by atoms with Crippen molar-refractivity contribution in [2.24, 2.45) is 5.92 Å². The Balaban J connectivity index is 1.52. The van der Waals surface area contributed by atoms with E-state index in [-0.39, 0.29) is 23.3 Å². The maximum Gasteiger partial charge on any atom is 0.251 e. The summed E-state index contributed by atoms with van der Waals surface area (Å²) in [5.41, 5.74) is 2.81. The van der Waals surface area contributed by atoms with Crippen molar-refractivity contribution in [1.29, 1.82) is 0 Å². The first-order chi connectivity index (χ1) is 11.5. The molecule has 126 valence electrons. The van der Waals surface area contributed by atoms with Gasteiger partial charge in [0.15, 0.2) is 9.84 Å². The fourth-order valence-corrected chi connectivity index (χ4v) is 4.95. The van der Waals surface area contributed by atoms with Gasteiger partial charge in [-0.15, -0.1) is 0 Å². The Bertz CT molecular complexity index is 798. The third-order valence-corrected chi connectivity index (χ3v) is 6.26. The molecule has 1 unspecified atom stereocenters. The summed E-state index contributed by atoms with van der Waals surface area (Å²) in [6.45, 7) is 0.513. The number of sulfone groups is 1. The lowest BCUT2D eigenvalue weighted by molar-refractivity contribution is 0.0952. The van der Waals surface area contributed by atoms with Crippen LogP contribution in [0.5, 0.6) is 0 Å². The lowest BCUT2D eigenvalue weighted by Crippen LogP contribution is -2.26. The van der Waals surface area contributed by atoms with E-state index in [9.17, 15) is 13.2 Å². The number of benzene rings is 2. The van der Waals surface area contributed by atoms with E-state index in [2.05, 4.69) is 5.32 Å². The summed E-state index contributed by atoms with van der Waals surface area (Å²) in [7, 11) is -2.84. The van der Waals surface area contributed by atoms with E-state index in [0.717, 1.165) is 11.1 Å². The van der Waals surface area contributed by atoms with Crippen molar-refractivity contribution in [3.05, 3.63) is 60.2 Å². The molecule has 1 aliphatic heterocycles. The van der Waals surface area contributed by atoms with Crippen molar-refractivity contribution in [2.45, 2.75) is 12.8 Å². The molecule has 24 heavy (non-hydrogen) atoms. The van der Waals surface area contributed by atoms with Crippen LogP contribution in [0, 0.1) is 5.92 Å². The highest BCUT2D eigenvalue weighted by Crippen LogP contribution is 2.21. The average molecular weight is 343 g/mol. The molecule has 0 spiro atoms. The topological polar surface area (TPSA) is 63.2 Å². The molecule has 1 heterocycles. The molecule has 0 saturated carbocycles. The molecule has 1 fully saturated rings. The molecular weight excluding hydrogens is 322 g/mol. The molecular formula is C19H21NO3S. The standard InChI is InChI=1S/C19H21NO3S/c21-19(20-12-10-15-11-13-24(22,23)14-15)18-8-6-17(7-9-18)16-4-2-1-3-5-16/h1-9,15H,10-14H2,(H,20,21). The number of amides is 1. The number of hydrogen-bond acceptors (Lipinski definition) is 3. The first-order valence-electron chi connectivity index (χ1n) is 8.18. The third kappa shape index (κ3) is 4.23. The van der Waals surface area contributed by atoms with Crippen LogP contribution in [0.2, 0.25) is 0 Å². The molecule has 0 radical (unpaired) electrons. The van der Waals surface area contributed by atoms with Crippen LogP contribution in [0.3, 0.4) is 0 Å². The molecule has 2 aromatic rings. The number of nitrogens with one attached hydrogen (secondary N) is 1. The summed E-state index contributed by atoms with van der Waals surface area (Å²) in [5.74, 6) is 0.604. The Morgan fingerprint density at radius 2 is 1.67 bits per heavy atom. The molecule has 1 atom stereocenters. The molecule has 0 aliphatic carbocycles. The van der Waals surface area contributed by atoms with E-state index in [1.165, 1.54) is 0 Å². The van der Waals surface area contributed by atoms with Gasteiger partial charge in [-0.3, -0.25) is 4.79 Å². The minimum atomic E-state index is -2.84. The number of carbonyl (C=O) groups is 1. The first-order valence-corrected chi connectivity index (χ1v) is 10.00. The van der Waals surface area contributed by atoms with Gasteiger partial charge in [0.05, 0.1) is 11.5 Å². The van der Waals surface area contributed by atoms with Gasteiger partial charge in [-0.25, -0.2) is 8.42 Å². The largest absolute Gasteiger partial charge is 0.352 e. The fraction of sp³-hybridized carbons (Fsp3) is 0.316. The molecule has 5 heteroatoms. The third-order valence-electron chi connectivity index (χ3n) is 4.42. The summed E-state index contributed by atoms with van der Waals surface area (Å²) in [5, 5.41) is 2.88. The molecule has 1 aliphatic rings. The van der Waals surface area contributed by atoms with Crippen LogP contribution in [0.4, 0.5) is 0 Å². The number of carbonyl (C=O) groups excluding carboxylic acids is 1. The highest BCUT2D eigenvalue weighted by Gasteiger charge is 2.27. The molecule has 2 aromatic carbocycles. The Labute approximate surface area is 142 Å². The fourth-order valence-electron chi connectivity index (χ4n) is 3.04. The zero-order valence-electron chi connectivity index (χ0n) is 13.4. The lowest BCUT2D eigenvalue weighted by atomic mass is 10.0. The smallest absolute Gasteiger partial charge is 0.251 e. The van der Waals surface area contributed by atoms with E-state index in [0.29, 0.717) is 24.9 Å². The van der Waals surface area contributed by atoms with Crippen molar-refractivity contribution in [3.8, 4) is 11.1 Å². The Morgan fingerprint density at radius 3 is 2.29 bits per heavy atom. The van der Waals surface area contributed by atoms with Crippen molar-refractivity contribution in [2.75, 3.05) is 18.1 Å². The van der Waals surface area contributed by atoms with Crippen LogP contribution >= 0.6 is 0 Å². The molecule has 1 saturated heterocycles. The highest BCUT2D eigenvalue weighted by atomic mass is 32.2. The van der Waals surface area contributed by atoms with Gasteiger partial charge in [0.1, 0.15) is 0 Å². The van der Waals surface area contributed by atoms with Gasteiger partial charge in [-0.2, -0.15) is 0 Å². The zero-order valence-corrected chi connectivity index (χ0v) is 14.3. The van der Waals surface area contributed by atoms with Gasteiger partial charge in [0.25, 0.3) is 5.91 Å². The van der Waals surface area contributed by atoms with E-state index in [1.807, 2.05) is 54.6 Å². The minimum absolute atomic E-state index is 0.115. The van der Waals surface area contributed by atoms with Gasteiger partial charge in [-0.05, 0) is 42.0 Å². The van der Waals surface area contributed by atoms with E-state index in [1.54, 1.807) is 0 Å². The van der Waals surface area contributed by atoms with Crippen LogP contribution in [-0.2, 0) is 9.84 Å². The summed E-state index contributed by atoms with van der Waals surface area (Å²) in [6, 6.07) is 17.5. The number of hydrogen-bond donors (Lipinski definition) is 1. The van der Waals surface area contributed by atoms with Crippen LogP contribution in [0.25, 0.3) is 11.1 Å². The SMILES string of the molecule is O=C(NCCC1CCS(=O)(=O)C1)c1ccc(-c2ccccc2)cc1. The number of rotatable bonds is 5. The lowest BCUT2D eigenvalue weighted by Gasteiger charge is -2.09. The second-order valence-electron chi connectivity index (χ2n) is 6.26. The van der Waals surface area contributed by atoms with Gasteiger partial charge in [0, 0.05) is 12.1 Å². The van der Waals surface area contributed by atoms with Gasteiger partial charge in [0.2, 0.25) is 0 Å². The van der Waals surface area contributed by atoms with E-state index >= 15 is 0 Å². The summed E-state index contributed by atoms with van der Waals surface area (Å²) >= 11 is 0.